The minimum absolute atomic E-state index is 0.0419. The highest BCUT2D eigenvalue weighted by molar-refractivity contribution is 6.34. The first-order valence-electron chi connectivity index (χ1n) is 8.10. The summed E-state index contributed by atoms with van der Waals surface area (Å²) in [4.78, 5) is 16.6. The first-order chi connectivity index (χ1) is 10.7. The monoisotopic (exact) mass is 327 g/mol. The van der Waals surface area contributed by atoms with Gasteiger partial charge in [0.25, 0.3) is 5.91 Å². The summed E-state index contributed by atoms with van der Waals surface area (Å²) in [6, 6.07) is 0. The van der Waals surface area contributed by atoms with Gasteiger partial charge in [0.05, 0.1) is 10.7 Å². The Morgan fingerprint density at radius 3 is 2.55 bits per heavy atom. The highest BCUT2D eigenvalue weighted by atomic mass is 35.5. The molecule has 1 N–H and O–H groups in total. The molecule has 1 amide bonds. The van der Waals surface area contributed by atoms with Crippen molar-refractivity contribution in [2.75, 3.05) is 39.8 Å². The molecule has 0 aromatic carbocycles. The number of carbonyl (C=O) groups is 1. The van der Waals surface area contributed by atoms with E-state index < -0.39 is 0 Å². The first-order valence-corrected chi connectivity index (χ1v) is 8.48. The van der Waals surface area contributed by atoms with Crippen LogP contribution in [-0.4, -0.2) is 65.3 Å². The van der Waals surface area contributed by atoms with E-state index in [9.17, 15) is 4.79 Å². The molecular formula is C15H26ClN5O. The van der Waals surface area contributed by atoms with Crippen LogP contribution in [0.5, 0.6) is 0 Å². The summed E-state index contributed by atoms with van der Waals surface area (Å²) in [5.41, 5.74) is 1.38. The van der Waals surface area contributed by atoms with Gasteiger partial charge in [-0.15, -0.1) is 0 Å². The minimum Gasteiger partial charge on any atom is -0.335 e. The number of fused-ring (bicyclic) bond motifs is 1. The van der Waals surface area contributed by atoms with Crippen LogP contribution in [0, 0.1) is 0 Å². The van der Waals surface area contributed by atoms with Crippen LogP contribution in [0.25, 0.3) is 0 Å². The summed E-state index contributed by atoms with van der Waals surface area (Å²) in [5, 5.41) is 8.24. The Hall–Kier alpha value is -1.11. The smallest absolute Gasteiger partial charge is 0.276 e. The van der Waals surface area contributed by atoms with Gasteiger partial charge in [-0.1, -0.05) is 25.4 Å². The van der Waals surface area contributed by atoms with Crippen LogP contribution in [0.4, 0.5) is 0 Å². The molecule has 22 heavy (non-hydrogen) atoms. The van der Waals surface area contributed by atoms with Gasteiger partial charge in [-0.2, -0.15) is 5.10 Å². The van der Waals surface area contributed by atoms with Crippen LogP contribution in [0.1, 0.15) is 36.5 Å². The zero-order valence-corrected chi connectivity index (χ0v) is 14.5. The highest BCUT2D eigenvalue weighted by Gasteiger charge is 2.27. The van der Waals surface area contributed by atoms with Gasteiger partial charge in [-0.25, -0.2) is 0 Å². The third kappa shape index (κ3) is 3.62. The maximum atomic E-state index is 12.5. The second kappa shape index (κ2) is 7.94. The fourth-order valence-electron chi connectivity index (χ4n) is 2.79. The van der Waals surface area contributed by atoms with Crippen LogP contribution >= 0.6 is 11.6 Å². The molecule has 1 aromatic rings. The lowest BCUT2D eigenvalue weighted by Crippen LogP contribution is -2.46. The molecule has 0 bridgehead atoms. The Balaban J connectivity index is 0.000000847. The molecule has 1 fully saturated rings. The van der Waals surface area contributed by atoms with E-state index in [1.165, 1.54) is 0 Å². The Bertz CT molecular complexity index is 510. The minimum atomic E-state index is -0.0419. The number of rotatable bonds is 1. The molecule has 6 nitrogen and oxygen atoms in total. The molecule has 1 saturated heterocycles. The van der Waals surface area contributed by atoms with E-state index in [-0.39, 0.29) is 5.91 Å². The van der Waals surface area contributed by atoms with Crippen molar-refractivity contribution >= 4 is 17.5 Å². The topological polar surface area (TPSA) is 53.4 Å². The van der Waals surface area contributed by atoms with Crippen molar-refractivity contribution < 1.29 is 4.79 Å². The number of carbonyl (C=O) groups excluding carboxylic acids is 1. The van der Waals surface area contributed by atoms with Gasteiger partial charge in [-0.3, -0.25) is 9.48 Å². The fourth-order valence-corrected chi connectivity index (χ4v) is 3.07. The zero-order valence-electron chi connectivity index (χ0n) is 13.7. The second-order valence-electron chi connectivity index (χ2n) is 5.47. The third-order valence-electron chi connectivity index (χ3n) is 3.93. The lowest BCUT2D eigenvalue weighted by atomic mass is 10.2. The Morgan fingerprint density at radius 2 is 1.86 bits per heavy atom. The average molecular weight is 328 g/mol. The molecule has 0 aliphatic carbocycles. The number of nitrogens with zero attached hydrogens (tertiary/aromatic N) is 4. The molecule has 0 atom stereocenters. The molecule has 1 aromatic heterocycles. The number of aromatic nitrogens is 2. The number of aryl methyl sites for hydroxylation is 1. The van der Waals surface area contributed by atoms with Gasteiger partial charge in [0.15, 0.2) is 5.69 Å². The maximum absolute atomic E-state index is 12.5. The van der Waals surface area contributed by atoms with Crippen molar-refractivity contribution in [3.63, 3.8) is 0 Å². The summed E-state index contributed by atoms with van der Waals surface area (Å²) in [7, 11) is 2.07. The van der Waals surface area contributed by atoms with E-state index in [2.05, 4.69) is 22.4 Å². The predicted octanol–water partition coefficient (Wildman–Crippen LogP) is 1.44. The lowest BCUT2D eigenvalue weighted by Gasteiger charge is -2.26. The molecule has 0 saturated carbocycles. The summed E-state index contributed by atoms with van der Waals surface area (Å²) in [5.74, 6) is -0.0419. The normalized spacial score (nSPS) is 19.0. The number of hydrogen-bond acceptors (Lipinski definition) is 4. The standard InChI is InChI=1S/C13H20ClN5O.C2H6/c1-17-5-2-6-19-10(9-17)11(14)12(16-19)13(20)18-7-3-15-4-8-18;1-2/h15H,2-9H2,1H3;1-2H3. The Kier molecular flexibility index (Phi) is 6.23. The molecule has 124 valence electrons. The molecule has 7 heteroatoms. The van der Waals surface area contributed by atoms with E-state index in [1.807, 2.05) is 23.4 Å². The van der Waals surface area contributed by atoms with Gasteiger partial charge in [0, 0.05) is 45.8 Å². The lowest BCUT2D eigenvalue weighted by molar-refractivity contribution is 0.0729. The van der Waals surface area contributed by atoms with Gasteiger partial charge in [-0.05, 0) is 13.5 Å². The SMILES string of the molecule is CC.CN1CCCn2nc(C(=O)N3CCNCC3)c(Cl)c2C1. The zero-order chi connectivity index (χ0) is 16.1. The van der Waals surface area contributed by atoms with Crippen molar-refractivity contribution in [2.24, 2.45) is 0 Å². The molecule has 2 aliphatic heterocycles. The summed E-state index contributed by atoms with van der Waals surface area (Å²) in [6.07, 6.45) is 1.03. The van der Waals surface area contributed by atoms with E-state index in [1.54, 1.807) is 0 Å². The second-order valence-corrected chi connectivity index (χ2v) is 5.84. The number of piperazine rings is 1. The average Bonchev–Trinajstić information content (AvgIpc) is 2.74. The number of nitrogens with one attached hydrogen (secondary N) is 1. The Morgan fingerprint density at radius 1 is 1.18 bits per heavy atom. The van der Waals surface area contributed by atoms with Gasteiger partial charge in [0.2, 0.25) is 0 Å². The van der Waals surface area contributed by atoms with E-state index in [0.717, 1.165) is 57.9 Å². The van der Waals surface area contributed by atoms with Gasteiger partial charge >= 0.3 is 0 Å². The molecule has 0 unspecified atom stereocenters. The quantitative estimate of drug-likeness (QED) is 0.848. The molecule has 3 heterocycles. The number of amides is 1. The van der Waals surface area contributed by atoms with Crippen molar-refractivity contribution in [2.45, 2.75) is 33.4 Å². The summed E-state index contributed by atoms with van der Waals surface area (Å²) < 4.78 is 1.90. The molecular weight excluding hydrogens is 302 g/mol. The van der Waals surface area contributed by atoms with Crippen LogP contribution < -0.4 is 5.32 Å². The summed E-state index contributed by atoms with van der Waals surface area (Å²) in [6.45, 7) is 9.71. The highest BCUT2D eigenvalue weighted by Crippen LogP contribution is 2.25. The van der Waals surface area contributed by atoms with Crippen LogP contribution in [0.15, 0.2) is 0 Å². The number of halogens is 1. The van der Waals surface area contributed by atoms with Crippen molar-refractivity contribution in [1.29, 1.82) is 0 Å². The fraction of sp³-hybridized carbons (Fsp3) is 0.733. The molecule has 3 rings (SSSR count). The van der Waals surface area contributed by atoms with Gasteiger partial charge < -0.3 is 15.1 Å². The van der Waals surface area contributed by atoms with Crippen LogP contribution in [0.3, 0.4) is 0 Å². The first kappa shape index (κ1) is 17.2. The van der Waals surface area contributed by atoms with E-state index in [4.69, 9.17) is 11.6 Å². The predicted molar refractivity (Wildman–Crippen MR) is 88.3 cm³/mol. The molecule has 0 spiro atoms. The third-order valence-corrected chi connectivity index (χ3v) is 4.33. The molecule has 0 radical (unpaired) electrons. The van der Waals surface area contributed by atoms with Crippen molar-refractivity contribution in [3.05, 3.63) is 16.4 Å². The van der Waals surface area contributed by atoms with E-state index >= 15 is 0 Å². The van der Waals surface area contributed by atoms with Crippen LogP contribution in [-0.2, 0) is 13.1 Å². The van der Waals surface area contributed by atoms with Crippen molar-refractivity contribution in [1.82, 2.24) is 24.9 Å². The Labute approximate surface area is 137 Å². The summed E-state index contributed by atoms with van der Waals surface area (Å²) >= 11 is 6.42. The van der Waals surface area contributed by atoms with E-state index in [0.29, 0.717) is 10.7 Å². The number of hydrogen-bond donors (Lipinski definition) is 1. The largest absolute Gasteiger partial charge is 0.335 e. The van der Waals surface area contributed by atoms with Crippen LogP contribution in [0.2, 0.25) is 5.02 Å². The van der Waals surface area contributed by atoms with Gasteiger partial charge in [0.1, 0.15) is 0 Å². The maximum Gasteiger partial charge on any atom is 0.276 e. The molecule has 2 aliphatic rings. The van der Waals surface area contributed by atoms with Crippen molar-refractivity contribution in [3.8, 4) is 0 Å².